The molecule has 0 aliphatic carbocycles. The number of carboxylic acids is 1. The van der Waals surface area contributed by atoms with Crippen LogP contribution in [0.5, 0.6) is 5.75 Å². The Balaban J connectivity index is 1.73. The lowest BCUT2D eigenvalue weighted by Crippen LogP contribution is -2.19. The fraction of sp³-hybridized carbons (Fsp3) is 0.150. The van der Waals surface area contributed by atoms with Crippen molar-refractivity contribution in [1.29, 1.82) is 0 Å². The monoisotopic (exact) mass is 460 g/mol. The molecule has 1 amide bonds. The van der Waals surface area contributed by atoms with Crippen molar-refractivity contribution >= 4 is 56.5 Å². The van der Waals surface area contributed by atoms with Crippen LogP contribution < -0.4 is 10.1 Å². The van der Waals surface area contributed by atoms with E-state index >= 15 is 0 Å². The lowest BCUT2D eigenvalue weighted by molar-refractivity contribution is -0.139. The third kappa shape index (κ3) is 5.24. The summed E-state index contributed by atoms with van der Waals surface area (Å²) in [5.74, 6) is -0.838. The number of aliphatic carboxylic acids is 1. The van der Waals surface area contributed by atoms with Gasteiger partial charge in [-0.2, -0.15) is 0 Å². The van der Waals surface area contributed by atoms with E-state index in [2.05, 4.69) is 33.2 Å². The first-order chi connectivity index (χ1) is 13.4. The predicted molar refractivity (Wildman–Crippen MR) is 114 cm³/mol. The van der Waals surface area contributed by atoms with Gasteiger partial charge in [0.1, 0.15) is 5.75 Å². The average molecular weight is 461 g/mol. The van der Waals surface area contributed by atoms with E-state index in [4.69, 9.17) is 9.84 Å². The minimum Gasteiger partial charge on any atom is -0.481 e. The second-order valence-corrected chi connectivity index (χ2v) is 7.76. The van der Waals surface area contributed by atoms with E-state index in [1.54, 1.807) is 24.3 Å². The Hall–Kier alpha value is -2.58. The number of amides is 1. The lowest BCUT2D eigenvalue weighted by atomic mass is 10.2. The van der Waals surface area contributed by atoms with Crippen molar-refractivity contribution in [2.45, 2.75) is 13.3 Å². The Kier molecular flexibility index (Phi) is 6.53. The quantitative estimate of drug-likeness (QED) is 0.624. The van der Waals surface area contributed by atoms with Crippen LogP contribution in [0.25, 0.3) is 6.08 Å². The molecule has 2 aromatic carbocycles. The summed E-state index contributed by atoms with van der Waals surface area (Å²) in [5, 5.41) is 12.0. The van der Waals surface area contributed by atoms with E-state index in [-0.39, 0.29) is 5.91 Å². The molecule has 1 fully saturated rings. The summed E-state index contributed by atoms with van der Waals surface area (Å²) in [7, 11) is 0. The molecule has 1 saturated heterocycles. The van der Waals surface area contributed by atoms with Crippen LogP contribution in [-0.2, 0) is 16.0 Å². The van der Waals surface area contributed by atoms with Gasteiger partial charge in [-0.15, -0.1) is 0 Å². The molecule has 0 bridgehead atoms. The SMILES string of the molecule is CCc1ccc(N=C2NC(=O)/C(=C\c3ccc(OCC(=O)O)c(Br)c3)S2)cc1. The van der Waals surface area contributed by atoms with Crippen LogP contribution in [0, 0.1) is 0 Å². The van der Waals surface area contributed by atoms with Gasteiger partial charge in [0.25, 0.3) is 5.91 Å². The van der Waals surface area contributed by atoms with Gasteiger partial charge in [0.15, 0.2) is 11.8 Å². The van der Waals surface area contributed by atoms with Crippen LogP contribution >= 0.6 is 27.7 Å². The third-order valence-corrected chi connectivity index (χ3v) is 5.36. The summed E-state index contributed by atoms with van der Waals surface area (Å²) in [6, 6.07) is 13.0. The number of carbonyl (C=O) groups is 2. The molecule has 3 rings (SSSR count). The molecular weight excluding hydrogens is 444 g/mol. The maximum atomic E-state index is 12.2. The molecule has 0 radical (unpaired) electrons. The topological polar surface area (TPSA) is 88.0 Å². The van der Waals surface area contributed by atoms with E-state index in [9.17, 15) is 9.59 Å². The summed E-state index contributed by atoms with van der Waals surface area (Å²) < 4.78 is 5.78. The van der Waals surface area contributed by atoms with Crippen molar-refractivity contribution in [3.63, 3.8) is 0 Å². The second kappa shape index (κ2) is 9.07. The fourth-order valence-electron chi connectivity index (χ4n) is 2.42. The number of nitrogens with one attached hydrogen (secondary N) is 1. The molecule has 1 aliphatic rings. The number of thioether (sulfide) groups is 1. The summed E-state index contributed by atoms with van der Waals surface area (Å²) in [6.07, 6.45) is 2.71. The van der Waals surface area contributed by atoms with Crippen LogP contribution in [0.3, 0.4) is 0 Å². The van der Waals surface area contributed by atoms with Gasteiger partial charge in [0, 0.05) is 0 Å². The van der Waals surface area contributed by atoms with Crippen molar-refractivity contribution < 1.29 is 19.4 Å². The molecule has 28 heavy (non-hydrogen) atoms. The van der Waals surface area contributed by atoms with Crippen LogP contribution in [-0.4, -0.2) is 28.8 Å². The van der Waals surface area contributed by atoms with E-state index < -0.39 is 12.6 Å². The molecule has 6 nitrogen and oxygen atoms in total. The molecule has 0 atom stereocenters. The number of hydrogen-bond donors (Lipinski definition) is 2. The number of carbonyl (C=O) groups excluding carboxylic acids is 1. The smallest absolute Gasteiger partial charge is 0.341 e. The van der Waals surface area contributed by atoms with E-state index in [1.165, 1.54) is 17.3 Å². The molecular formula is C20H17BrN2O4S. The minimum absolute atomic E-state index is 0.212. The average Bonchev–Trinajstić information content (AvgIpc) is 3.00. The number of halogens is 1. The maximum absolute atomic E-state index is 12.2. The van der Waals surface area contributed by atoms with Crippen molar-refractivity contribution in [3.05, 3.63) is 63.0 Å². The van der Waals surface area contributed by atoms with E-state index in [0.717, 1.165) is 17.7 Å². The first kappa shape index (κ1) is 20.2. The van der Waals surface area contributed by atoms with Gasteiger partial charge in [0.05, 0.1) is 15.1 Å². The minimum atomic E-state index is -1.05. The maximum Gasteiger partial charge on any atom is 0.341 e. The highest BCUT2D eigenvalue weighted by atomic mass is 79.9. The predicted octanol–water partition coefficient (Wildman–Crippen LogP) is 4.37. The van der Waals surface area contributed by atoms with Gasteiger partial charge in [-0.25, -0.2) is 9.79 Å². The Morgan fingerprint density at radius 3 is 2.68 bits per heavy atom. The first-order valence-electron chi connectivity index (χ1n) is 8.47. The molecule has 0 saturated carbocycles. The number of benzene rings is 2. The zero-order valence-corrected chi connectivity index (χ0v) is 17.3. The number of nitrogens with zero attached hydrogens (tertiary/aromatic N) is 1. The first-order valence-corrected chi connectivity index (χ1v) is 10.1. The number of ether oxygens (including phenoxy) is 1. The summed E-state index contributed by atoms with van der Waals surface area (Å²) in [5.41, 5.74) is 2.79. The van der Waals surface area contributed by atoms with Gasteiger partial charge in [-0.05, 0) is 75.6 Å². The third-order valence-electron chi connectivity index (χ3n) is 3.83. The molecule has 8 heteroatoms. The Bertz CT molecular complexity index is 971. The highest BCUT2D eigenvalue weighted by Gasteiger charge is 2.23. The number of aliphatic imine (C=N–C) groups is 1. The van der Waals surface area contributed by atoms with Gasteiger partial charge in [0.2, 0.25) is 0 Å². The van der Waals surface area contributed by atoms with Crippen LogP contribution in [0.2, 0.25) is 0 Å². The van der Waals surface area contributed by atoms with Gasteiger partial charge < -0.3 is 15.2 Å². The van der Waals surface area contributed by atoms with E-state index in [1.807, 2.05) is 24.3 Å². The van der Waals surface area contributed by atoms with Gasteiger partial charge >= 0.3 is 5.97 Å². The van der Waals surface area contributed by atoms with Gasteiger partial charge in [-0.3, -0.25) is 4.79 Å². The zero-order chi connectivity index (χ0) is 20.1. The number of rotatable bonds is 6. The molecule has 0 unspecified atom stereocenters. The number of aryl methyl sites for hydroxylation is 1. The number of amidine groups is 1. The van der Waals surface area contributed by atoms with E-state index in [0.29, 0.717) is 20.3 Å². The van der Waals surface area contributed by atoms with Gasteiger partial charge in [-0.1, -0.05) is 25.1 Å². The molecule has 144 valence electrons. The highest BCUT2D eigenvalue weighted by Crippen LogP contribution is 2.31. The van der Waals surface area contributed by atoms with Crippen molar-refractivity contribution in [1.82, 2.24) is 5.32 Å². The van der Waals surface area contributed by atoms with Crippen LogP contribution in [0.1, 0.15) is 18.1 Å². The van der Waals surface area contributed by atoms with Crippen molar-refractivity contribution in [2.75, 3.05) is 6.61 Å². The Morgan fingerprint density at radius 2 is 2.04 bits per heavy atom. The summed E-state index contributed by atoms with van der Waals surface area (Å²) in [6.45, 7) is 1.67. The fourth-order valence-corrected chi connectivity index (χ4v) is 3.77. The number of hydrogen-bond acceptors (Lipinski definition) is 5. The van der Waals surface area contributed by atoms with Crippen LogP contribution in [0.15, 0.2) is 56.8 Å². The van der Waals surface area contributed by atoms with Crippen molar-refractivity contribution in [3.8, 4) is 5.75 Å². The molecule has 1 heterocycles. The molecule has 2 aromatic rings. The standard InChI is InChI=1S/C20H17BrN2O4S/c1-2-12-3-6-14(7-4-12)22-20-23-19(26)17(28-20)10-13-5-8-16(15(21)9-13)27-11-18(24)25/h3-10H,2,11H2,1H3,(H,24,25)(H,22,23,26)/b17-10+. The van der Waals surface area contributed by atoms with Crippen LogP contribution in [0.4, 0.5) is 5.69 Å². The second-order valence-electron chi connectivity index (χ2n) is 5.87. The molecule has 2 N–H and O–H groups in total. The lowest BCUT2D eigenvalue weighted by Gasteiger charge is -2.06. The zero-order valence-electron chi connectivity index (χ0n) is 14.9. The molecule has 0 spiro atoms. The Labute approximate surface area is 174 Å². The summed E-state index contributed by atoms with van der Waals surface area (Å²) in [4.78, 5) is 27.8. The normalized spacial score (nSPS) is 16.4. The number of carboxylic acid groups (broad SMARTS) is 1. The molecule has 0 aromatic heterocycles. The largest absolute Gasteiger partial charge is 0.481 e. The molecule has 1 aliphatic heterocycles. The van der Waals surface area contributed by atoms with Crippen molar-refractivity contribution in [2.24, 2.45) is 4.99 Å². The summed E-state index contributed by atoms with van der Waals surface area (Å²) >= 11 is 4.62. The highest BCUT2D eigenvalue weighted by molar-refractivity contribution is 9.10. The Morgan fingerprint density at radius 1 is 1.29 bits per heavy atom.